The van der Waals surface area contributed by atoms with Crippen molar-refractivity contribution in [3.63, 3.8) is 0 Å². The summed E-state index contributed by atoms with van der Waals surface area (Å²) in [5.41, 5.74) is -0.799. The lowest BCUT2D eigenvalue weighted by Gasteiger charge is -2.18. The van der Waals surface area contributed by atoms with Gasteiger partial charge in [-0.15, -0.1) is 0 Å². The van der Waals surface area contributed by atoms with Gasteiger partial charge in [0.05, 0.1) is 18.9 Å². The second-order valence-electron chi connectivity index (χ2n) is 4.16. The zero-order chi connectivity index (χ0) is 11.4. The van der Waals surface area contributed by atoms with Crippen LogP contribution in [-0.2, 0) is 11.3 Å². The smallest absolute Gasteiger partial charge is 0.240 e. The maximum Gasteiger partial charge on any atom is 0.240 e. The molecule has 84 valence electrons. The topological polar surface area (TPSA) is 66.0 Å². The molecule has 1 aromatic heterocycles. The molecule has 1 aliphatic rings. The van der Waals surface area contributed by atoms with Gasteiger partial charge in [-0.1, -0.05) is 12.8 Å². The number of hydrogen-bond donors (Lipinski definition) is 1. The van der Waals surface area contributed by atoms with Crippen LogP contribution in [0.5, 0.6) is 0 Å². The van der Waals surface area contributed by atoms with Gasteiger partial charge in [0.2, 0.25) is 5.91 Å². The third-order valence-electron chi connectivity index (χ3n) is 3.11. The molecule has 1 aliphatic carbocycles. The number of rotatable bonds is 3. The van der Waals surface area contributed by atoms with Gasteiger partial charge in [0.15, 0.2) is 0 Å². The predicted octanol–water partition coefficient (Wildman–Crippen LogP) is 1.98. The molecule has 0 spiro atoms. The molecule has 0 unspecified atom stereocenters. The molecule has 1 aromatic rings. The first kappa shape index (κ1) is 10.7. The first-order chi connectivity index (χ1) is 7.77. The van der Waals surface area contributed by atoms with E-state index in [1.54, 1.807) is 18.4 Å². The molecule has 4 nitrogen and oxygen atoms in total. The van der Waals surface area contributed by atoms with E-state index < -0.39 is 5.41 Å². The van der Waals surface area contributed by atoms with Gasteiger partial charge in [-0.25, -0.2) is 0 Å². The number of hydrogen-bond acceptors (Lipinski definition) is 3. The Hall–Kier alpha value is -1.76. The minimum atomic E-state index is -0.799. The summed E-state index contributed by atoms with van der Waals surface area (Å²) in [5.74, 6) is 0.545. The molecule has 1 saturated carbocycles. The Morgan fingerprint density at radius 1 is 1.56 bits per heavy atom. The van der Waals surface area contributed by atoms with Crippen molar-refractivity contribution in [1.82, 2.24) is 5.32 Å². The molecule has 0 saturated heterocycles. The van der Waals surface area contributed by atoms with Crippen LogP contribution in [-0.4, -0.2) is 5.91 Å². The van der Waals surface area contributed by atoms with Gasteiger partial charge < -0.3 is 9.73 Å². The molecule has 4 heteroatoms. The van der Waals surface area contributed by atoms with Crippen LogP contribution in [0, 0.1) is 16.7 Å². The summed E-state index contributed by atoms with van der Waals surface area (Å²) in [6, 6.07) is 5.74. The molecule has 16 heavy (non-hydrogen) atoms. The van der Waals surface area contributed by atoms with E-state index in [1.807, 2.05) is 0 Å². The molecule has 1 amide bonds. The van der Waals surface area contributed by atoms with E-state index >= 15 is 0 Å². The van der Waals surface area contributed by atoms with Crippen molar-refractivity contribution in [1.29, 1.82) is 5.26 Å². The van der Waals surface area contributed by atoms with E-state index in [2.05, 4.69) is 11.4 Å². The average molecular weight is 218 g/mol. The molecule has 0 atom stereocenters. The van der Waals surface area contributed by atoms with E-state index in [0.717, 1.165) is 12.8 Å². The summed E-state index contributed by atoms with van der Waals surface area (Å²) in [5, 5.41) is 11.9. The molecule has 2 rings (SSSR count). The Morgan fingerprint density at radius 2 is 2.31 bits per heavy atom. The standard InChI is InChI=1S/C12H14N2O2/c13-9-12(5-1-2-6-12)11(15)14-8-10-4-3-7-16-10/h3-4,7H,1-2,5-6,8H2,(H,14,15). The third kappa shape index (κ3) is 1.94. The molecular weight excluding hydrogens is 204 g/mol. The fourth-order valence-corrected chi connectivity index (χ4v) is 2.12. The Bertz CT molecular complexity index is 397. The first-order valence-corrected chi connectivity index (χ1v) is 5.49. The normalized spacial score (nSPS) is 17.9. The van der Waals surface area contributed by atoms with Crippen LogP contribution in [0.3, 0.4) is 0 Å². The fraction of sp³-hybridized carbons (Fsp3) is 0.500. The number of furan rings is 1. The summed E-state index contributed by atoms with van der Waals surface area (Å²) in [4.78, 5) is 11.9. The number of nitrogens with one attached hydrogen (secondary N) is 1. The predicted molar refractivity (Wildman–Crippen MR) is 57.1 cm³/mol. The first-order valence-electron chi connectivity index (χ1n) is 5.49. The number of nitrogens with zero attached hydrogens (tertiary/aromatic N) is 1. The maximum atomic E-state index is 11.9. The highest BCUT2D eigenvalue weighted by Crippen LogP contribution is 2.37. The summed E-state index contributed by atoms with van der Waals surface area (Å²) in [6.07, 6.45) is 4.83. The Labute approximate surface area is 94.2 Å². The minimum absolute atomic E-state index is 0.163. The van der Waals surface area contributed by atoms with Gasteiger partial charge in [0.1, 0.15) is 11.2 Å². The SMILES string of the molecule is N#CC1(C(=O)NCc2ccco2)CCCC1. The van der Waals surface area contributed by atoms with Gasteiger partial charge in [-0.2, -0.15) is 5.26 Å². The number of carbonyl (C=O) groups excluding carboxylic acids is 1. The van der Waals surface area contributed by atoms with Crippen LogP contribution in [0.2, 0.25) is 0 Å². The molecule has 1 N–H and O–H groups in total. The molecule has 0 radical (unpaired) electrons. The monoisotopic (exact) mass is 218 g/mol. The largest absolute Gasteiger partial charge is 0.467 e. The van der Waals surface area contributed by atoms with Crippen molar-refractivity contribution in [3.8, 4) is 6.07 Å². The molecule has 1 heterocycles. The zero-order valence-electron chi connectivity index (χ0n) is 9.03. The highest BCUT2D eigenvalue weighted by molar-refractivity contribution is 5.85. The average Bonchev–Trinajstić information content (AvgIpc) is 2.97. The lowest BCUT2D eigenvalue weighted by atomic mass is 9.87. The number of nitriles is 1. The third-order valence-corrected chi connectivity index (χ3v) is 3.11. The summed E-state index contributed by atoms with van der Waals surface area (Å²) >= 11 is 0. The van der Waals surface area contributed by atoms with E-state index in [4.69, 9.17) is 9.68 Å². The summed E-state index contributed by atoms with van der Waals surface area (Å²) in [7, 11) is 0. The van der Waals surface area contributed by atoms with Crippen molar-refractivity contribution >= 4 is 5.91 Å². The van der Waals surface area contributed by atoms with Crippen molar-refractivity contribution < 1.29 is 9.21 Å². The number of carbonyl (C=O) groups is 1. The Morgan fingerprint density at radius 3 is 2.88 bits per heavy atom. The lowest BCUT2D eigenvalue weighted by Crippen LogP contribution is -2.37. The zero-order valence-corrected chi connectivity index (χ0v) is 9.03. The van der Waals surface area contributed by atoms with E-state index in [9.17, 15) is 4.79 Å². The molecule has 1 fully saturated rings. The highest BCUT2D eigenvalue weighted by atomic mass is 16.3. The molecule has 0 aliphatic heterocycles. The van der Waals surface area contributed by atoms with Crippen LogP contribution in [0.25, 0.3) is 0 Å². The number of amides is 1. The van der Waals surface area contributed by atoms with Crippen LogP contribution < -0.4 is 5.32 Å². The van der Waals surface area contributed by atoms with Gasteiger partial charge >= 0.3 is 0 Å². The van der Waals surface area contributed by atoms with Gasteiger partial charge in [-0.05, 0) is 25.0 Å². The van der Waals surface area contributed by atoms with Crippen LogP contribution in [0.4, 0.5) is 0 Å². The van der Waals surface area contributed by atoms with Crippen LogP contribution in [0.1, 0.15) is 31.4 Å². The second-order valence-corrected chi connectivity index (χ2v) is 4.16. The maximum absolute atomic E-state index is 11.9. The second kappa shape index (κ2) is 4.40. The van der Waals surface area contributed by atoms with Gasteiger partial charge in [0.25, 0.3) is 0 Å². The molecule has 0 aromatic carbocycles. The fourth-order valence-electron chi connectivity index (χ4n) is 2.12. The quantitative estimate of drug-likeness (QED) is 0.843. The Balaban J connectivity index is 1.95. The summed E-state index contributed by atoms with van der Waals surface area (Å²) in [6.45, 7) is 0.356. The van der Waals surface area contributed by atoms with Gasteiger partial charge in [0, 0.05) is 0 Å². The van der Waals surface area contributed by atoms with E-state index in [1.165, 1.54) is 0 Å². The minimum Gasteiger partial charge on any atom is -0.467 e. The van der Waals surface area contributed by atoms with Crippen molar-refractivity contribution in [2.75, 3.05) is 0 Å². The van der Waals surface area contributed by atoms with Crippen molar-refractivity contribution in [2.24, 2.45) is 5.41 Å². The molecular formula is C12H14N2O2. The van der Waals surface area contributed by atoms with E-state index in [-0.39, 0.29) is 5.91 Å². The van der Waals surface area contributed by atoms with Crippen molar-refractivity contribution in [3.05, 3.63) is 24.2 Å². The van der Waals surface area contributed by atoms with E-state index in [0.29, 0.717) is 25.1 Å². The van der Waals surface area contributed by atoms with Crippen molar-refractivity contribution in [2.45, 2.75) is 32.2 Å². The lowest BCUT2D eigenvalue weighted by molar-refractivity contribution is -0.128. The summed E-state index contributed by atoms with van der Waals surface area (Å²) < 4.78 is 5.12. The highest BCUT2D eigenvalue weighted by Gasteiger charge is 2.41. The molecule has 0 bridgehead atoms. The van der Waals surface area contributed by atoms with Gasteiger partial charge in [-0.3, -0.25) is 4.79 Å². The van der Waals surface area contributed by atoms with Crippen LogP contribution in [0.15, 0.2) is 22.8 Å². The van der Waals surface area contributed by atoms with Crippen LogP contribution >= 0.6 is 0 Å². The Kier molecular flexibility index (Phi) is 2.95.